The van der Waals surface area contributed by atoms with E-state index in [4.69, 9.17) is 4.74 Å². The van der Waals surface area contributed by atoms with E-state index in [1.807, 2.05) is 24.3 Å². The number of ether oxygens (including phenoxy) is 1. The van der Waals surface area contributed by atoms with E-state index in [-0.39, 0.29) is 6.10 Å². The van der Waals surface area contributed by atoms with E-state index in [1.54, 1.807) is 0 Å². The average molecular weight is 455 g/mol. The molecule has 1 aliphatic rings. The molecule has 2 unspecified atom stereocenters. The van der Waals surface area contributed by atoms with Crippen LogP contribution in [0.1, 0.15) is 29.8 Å². The van der Waals surface area contributed by atoms with Crippen LogP contribution < -0.4 is 0 Å². The molecule has 0 radical (unpaired) electrons. The van der Waals surface area contributed by atoms with Crippen LogP contribution in [0.5, 0.6) is 0 Å². The van der Waals surface area contributed by atoms with Crippen LogP contribution in [0.15, 0.2) is 57.5 Å². The molecular weight excluding hydrogens is 434 g/mol. The number of aliphatic hydroxyl groups excluding tert-OH is 1. The first kappa shape index (κ1) is 18.1. The van der Waals surface area contributed by atoms with Gasteiger partial charge in [-0.1, -0.05) is 56.1 Å². The first-order valence-corrected chi connectivity index (χ1v) is 9.73. The van der Waals surface area contributed by atoms with E-state index in [2.05, 4.69) is 61.0 Å². The molecule has 0 saturated carbocycles. The lowest BCUT2D eigenvalue weighted by atomic mass is 10.1. The Hall–Kier alpha value is -0.720. The van der Waals surface area contributed by atoms with Gasteiger partial charge in [0, 0.05) is 28.6 Å². The number of hydrogen-bond acceptors (Lipinski definition) is 3. The smallest absolute Gasteiger partial charge is 0.0952 e. The summed E-state index contributed by atoms with van der Waals surface area (Å²) in [5.41, 5.74) is 2.17. The summed E-state index contributed by atoms with van der Waals surface area (Å²) in [6.45, 7) is 3.39. The van der Waals surface area contributed by atoms with Crippen LogP contribution in [-0.2, 0) is 4.74 Å². The highest BCUT2D eigenvalue weighted by molar-refractivity contribution is 9.10. The van der Waals surface area contributed by atoms with Crippen LogP contribution in [0.2, 0.25) is 0 Å². The Balaban J connectivity index is 1.53. The third-order valence-corrected chi connectivity index (χ3v) is 5.42. The number of morpholine rings is 1. The molecule has 0 amide bonds. The van der Waals surface area contributed by atoms with E-state index < -0.39 is 6.10 Å². The molecule has 1 saturated heterocycles. The summed E-state index contributed by atoms with van der Waals surface area (Å²) in [5, 5.41) is 10.4. The minimum Gasteiger partial charge on any atom is -0.388 e. The lowest BCUT2D eigenvalue weighted by Gasteiger charge is -2.33. The predicted molar refractivity (Wildman–Crippen MR) is 103 cm³/mol. The van der Waals surface area contributed by atoms with Crippen molar-refractivity contribution >= 4 is 31.9 Å². The zero-order valence-electron chi connectivity index (χ0n) is 13.4. The summed E-state index contributed by atoms with van der Waals surface area (Å²) >= 11 is 6.89. The zero-order valence-corrected chi connectivity index (χ0v) is 16.5. The van der Waals surface area contributed by atoms with Crippen molar-refractivity contribution in [1.82, 2.24) is 4.90 Å². The Bertz CT molecular complexity index is 645. The zero-order chi connectivity index (χ0) is 16.9. The predicted octanol–water partition coefficient (Wildman–Crippen LogP) is 4.71. The van der Waals surface area contributed by atoms with E-state index in [1.165, 1.54) is 5.56 Å². The molecule has 0 bridgehead atoms. The minimum atomic E-state index is -0.424. The fraction of sp³-hybridized carbons (Fsp3) is 0.368. The number of benzene rings is 2. The molecule has 3 rings (SSSR count). The number of aliphatic hydroxyl groups is 1. The standard InChI is InChI=1S/C19H21Br2NO2/c20-16-5-1-14(2-6-16)18(23)9-10-22-11-12-24-19(13-22)15-3-7-17(21)8-4-15/h1-8,18-19,23H,9-13H2. The van der Waals surface area contributed by atoms with Gasteiger partial charge in [0.1, 0.15) is 0 Å². The quantitative estimate of drug-likeness (QED) is 0.710. The topological polar surface area (TPSA) is 32.7 Å². The lowest BCUT2D eigenvalue weighted by Crippen LogP contribution is -2.39. The molecule has 2 atom stereocenters. The van der Waals surface area contributed by atoms with Crippen LogP contribution in [0, 0.1) is 0 Å². The summed E-state index contributed by atoms with van der Waals surface area (Å²) in [7, 11) is 0. The molecular formula is C19H21Br2NO2. The van der Waals surface area contributed by atoms with Gasteiger partial charge in [-0.15, -0.1) is 0 Å². The van der Waals surface area contributed by atoms with Crippen LogP contribution in [0.25, 0.3) is 0 Å². The maximum atomic E-state index is 10.4. The van der Waals surface area contributed by atoms with Crippen molar-refractivity contribution in [2.24, 2.45) is 0 Å². The van der Waals surface area contributed by atoms with Gasteiger partial charge in [0.25, 0.3) is 0 Å². The number of hydrogen-bond donors (Lipinski definition) is 1. The first-order valence-electron chi connectivity index (χ1n) is 8.15. The maximum Gasteiger partial charge on any atom is 0.0952 e. The van der Waals surface area contributed by atoms with Crippen molar-refractivity contribution in [1.29, 1.82) is 0 Å². The second kappa shape index (κ2) is 8.59. The molecule has 128 valence electrons. The Kier molecular flexibility index (Phi) is 6.47. The van der Waals surface area contributed by atoms with Crippen LogP contribution in [0.3, 0.4) is 0 Å². The van der Waals surface area contributed by atoms with Crippen LogP contribution in [-0.4, -0.2) is 36.2 Å². The fourth-order valence-electron chi connectivity index (χ4n) is 2.94. The van der Waals surface area contributed by atoms with Gasteiger partial charge in [-0.2, -0.15) is 0 Å². The Morgan fingerprint density at radius 3 is 2.33 bits per heavy atom. The Morgan fingerprint density at radius 1 is 1.04 bits per heavy atom. The second-order valence-electron chi connectivity index (χ2n) is 6.07. The third kappa shape index (κ3) is 4.90. The van der Waals surface area contributed by atoms with E-state index >= 15 is 0 Å². The van der Waals surface area contributed by atoms with Crippen LogP contribution in [0.4, 0.5) is 0 Å². The van der Waals surface area contributed by atoms with Gasteiger partial charge in [-0.25, -0.2) is 0 Å². The van der Waals surface area contributed by atoms with Gasteiger partial charge in [0.2, 0.25) is 0 Å². The molecule has 1 aliphatic heterocycles. The average Bonchev–Trinajstić information content (AvgIpc) is 2.61. The van der Waals surface area contributed by atoms with Gasteiger partial charge in [0.15, 0.2) is 0 Å². The molecule has 24 heavy (non-hydrogen) atoms. The van der Waals surface area contributed by atoms with Gasteiger partial charge in [-0.05, 0) is 41.8 Å². The molecule has 1 fully saturated rings. The highest BCUT2D eigenvalue weighted by Crippen LogP contribution is 2.25. The number of halogens is 2. The lowest BCUT2D eigenvalue weighted by molar-refractivity contribution is -0.0335. The fourth-order valence-corrected chi connectivity index (χ4v) is 3.47. The third-order valence-electron chi connectivity index (χ3n) is 4.37. The molecule has 0 spiro atoms. The molecule has 5 heteroatoms. The van der Waals surface area contributed by atoms with Crippen molar-refractivity contribution in [2.75, 3.05) is 26.2 Å². The molecule has 3 nitrogen and oxygen atoms in total. The molecule has 0 aromatic heterocycles. The minimum absolute atomic E-state index is 0.108. The Labute approximate surface area is 159 Å². The SMILES string of the molecule is OC(CCN1CCOC(c2ccc(Br)cc2)C1)c1ccc(Br)cc1. The van der Waals surface area contributed by atoms with E-state index in [9.17, 15) is 5.11 Å². The van der Waals surface area contributed by atoms with Gasteiger partial charge in [-0.3, -0.25) is 4.90 Å². The van der Waals surface area contributed by atoms with Gasteiger partial charge in [0.05, 0.1) is 18.8 Å². The summed E-state index contributed by atoms with van der Waals surface area (Å²) in [6, 6.07) is 16.2. The number of nitrogens with zero attached hydrogens (tertiary/aromatic N) is 1. The molecule has 0 aliphatic carbocycles. The summed E-state index contributed by atoms with van der Waals surface area (Å²) < 4.78 is 8.03. The molecule has 2 aromatic carbocycles. The summed E-state index contributed by atoms with van der Waals surface area (Å²) in [4.78, 5) is 2.37. The maximum absolute atomic E-state index is 10.4. The van der Waals surface area contributed by atoms with Crippen molar-refractivity contribution < 1.29 is 9.84 Å². The van der Waals surface area contributed by atoms with Gasteiger partial charge >= 0.3 is 0 Å². The summed E-state index contributed by atoms with van der Waals surface area (Å²) in [5.74, 6) is 0. The molecule has 1 heterocycles. The largest absolute Gasteiger partial charge is 0.388 e. The molecule has 2 aromatic rings. The van der Waals surface area contributed by atoms with Crippen molar-refractivity contribution in [3.63, 3.8) is 0 Å². The van der Waals surface area contributed by atoms with E-state index in [0.29, 0.717) is 0 Å². The van der Waals surface area contributed by atoms with E-state index in [0.717, 1.165) is 47.2 Å². The van der Waals surface area contributed by atoms with Crippen molar-refractivity contribution in [3.05, 3.63) is 68.6 Å². The highest BCUT2D eigenvalue weighted by atomic mass is 79.9. The van der Waals surface area contributed by atoms with Gasteiger partial charge < -0.3 is 9.84 Å². The first-order chi connectivity index (χ1) is 11.6. The number of rotatable bonds is 5. The molecule has 1 N–H and O–H groups in total. The van der Waals surface area contributed by atoms with Crippen molar-refractivity contribution in [3.8, 4) is 0 Å². The second-order valence-corrected chi connectivity index (χ2v) is 7.90. The highest BCUT2D eigenvalue weighted by Gasteiger charge is 2.22. The Morgan fingerprint density at radius 2 is 1.67 bits per heavy atom. The monoisotopic (exact) mass is 453 g/mol. The van der Waals surface area contributed by atoms with Crippen LogP contribution >= 0.6 is 31.9 Å². The summed E-state index contributed by atoms with van der Waals surface area (Å²) in [6.07, 6.45) is 0.415. The van der Waals surface area contributed by atoms with Crippen molar-refractivity contribution in [2.45, 2.75) is 18.6 Å². The normalized spacial score (nSPS) is 20.0.